The number of alkyl carbamates (subject to hydrolysis) is 1. The van der Waals surface area contributed by atoms with Gasteiger partial charge in [0.1, 0.15) is 12.8 Å². The van der Waals surface area contributed by atoms with Crippen molar-refractivity contribution in [2.45, 2.75) is 63.9 Å². The molecule has 24 heavy (non-hydrogen) atoms. The Labute approximate surface area is 150 Å². The first-order valence-electron chi connectivity index (χ1n) is 8.64. The van der Waals surface area contributed by atoms with Crippen LogP contribution in [0.5, 0.6) is 0 Å². The summed E-state index contributed by atoms with van der Waals surface area (Å²) in [4.78, 5) is 23.1. The van der Waals surface area contributed by atoms with Gasteiger partial charge in [0.05, 0.1) is 6.61 Å². The molecule has 0 radical (unpaired) electrons. The summed E-state index contributed by atoms with van der Waals surface area (Å²) in [6, 6.07) is 0. The van der Waals surface area contributed by atoms with Gasteiger partial charge in [0.15, 0.2) is 0 Å². The van der Waals surface area contributed by atoms with Crippen molar-refractivity contribution in [3.8, 4) is 0 Å². The molecule has 0 aliphatic heterocycles. The molecule has 0 aromatic heterocycles. The van der Waals surface area contributed by atoms with Crippen LogP contribution >= 0.6 is 6.72 Å². The van der Waals surface area contributed by atoms with Crippen molar-refractivity contribution >= 4 is 24.6 Å². The molecule has 1 amide bonds. The fourth-order valence-corrected chi connectivity index (χ4v) is 3.12. The van der Waals surface area contributed by atoms with Gasteiger partial charge in [0.2, 0.25) is 0 Å². The second kappa shape index (κ2) is 12.8. The van der Waals surface area contributed by atoms with Crippen LogP contribution in [0.2, 0.25) is 0 Å². The average Bonchev–Trinajstić information content (AvgIpc) is 2.52. The Bertz CT molecular complexity index is 433. The Hall–Kier alpha value is -0.460. The van der Waals surface area contributed by atoms with E-state index in [0.29, 0.717) is 13.2 Å². The van der Waals surface area contributed by atoms with Crippen LogP contribution in [0.25, 0.3) is 0 Å². The maximum Gasteiger partial charge on any atom is 0.407 e. The fourth-order valence-electron chi connectivity index (χ4n) is 2.44. The third-order valence-electron chi connectivity index (χ3n) is 3.81. The number of carbonyl (C=O) groups excluding carboxylic acids is 1. The van der Waals surface area contributed by atoms with Crippen LogP contribution in [-0.2, 0) is 25.6 Å². The SMILES string of the molecule is COP([O-])(=S)OCCCCCCNC(=O)OC1CC/C=C/CCC1. The molecule has 0 aromatic rings. The van der Waals surface area contributed by atoms with Gasteiger partial charge >= 0.3 is 6.09 Å². The minimum atomic E-state index is -3.27. The van der Waals surface area contributed by atoms with Crippen LogP contribution in [0.1, 0.15) is 57.8 Å². The van der Waals surface area contributed by atoms with Crippen molar-refractivity contribution in [3.63, 3.8) is 0 Å². The third-order valence-corrected chi connectivity index (χ3v) is 5.52. The summed E-state index contributed by atoms with van der Waals surface area (Å²) in [5.41, 5.74) is 0. The summed E-state index contributed by atoms with van der Waals surface area (Å²) in [6.07, 6.45) is 12.5. The number of amides is 1. The number of allylic oxidation sites excluding steroid dienone is 2. The van der Waals surface area contributed by atoms with Crippen molar-refractivity contribution in [2.75, 3.05) is 20.3 Å². The predicted octanol–water partition coefficient (Wildman–Crippen LogP) is 3.41. The zero-order valence-electron chi connectivity index (χ0n) is 14.4. The van der Waals surface area contributed by atoms with E-state index in [2.05, 4.69) is 33.8 Å². The van der Waals surface area contributed by atoms with Crippen LogP contribution < -0.4 is 10.2 Å². The predicted molar refractivity (Wildman–Crippen MR) is 96.2 cm³/mol. The van der Waals surface area contributed by atoms with Crippen molar-refractivity contribution in [2.24, 2.45) is 0 Å². The number of unbranched alkanes of at least 4 members (excludes halogenated alkanes) is 3. The molecule has 2 unspecified atom stereocenters. The van der Waals surface area contributed by atoms with E-state index in [4.69, 9.17) is 9.26 Å². The van der Waals surface area contributed by atoms with Crippen LogP contribution in [0.3, 0.4) is 0 Å². The molecule has 1 rings (SSSR count). The Morgan fingerprint density at radius 2 is 2.00 bits per heavy atom. The molecule has 0 saturated heterocycles. The average molecular weight is 378 g/mol. The van der Waals surface area contributed by atoms with Gasteiger partial charge in [-0.1, -0.05) is 36.8 Å². The number of nitrogens with one attached hydrogen (secondary N) is 1. The molecule has 0 heterocycles. The molecular formula is C16H29NO5PS-. The summed E-state index contributed by atoms with van der Waals surface area (Å²) in [5, 5.41) is 2.80. The molecule has 0 aromatic carbocycles. The molecule has 6 nitrogen and oxygen atoms in total. The normalized spacial score (nSPS) is 22.0. The van der Waals surface area contributed by atoms with Crippen LogP contribution in [0, 0.1) is 0 Å². The first-order chi connectivity index (χ1) is 11.5. The Morgan fingerprint density at radius 1 is 1.25 bits per heavy atom. The quantitative estimate of drug-likeness (QED) is 0.356. The molecule has 140 valence electrons. The number of hydrogen-bond acceptors (Lipinski definition) is 6. The highest BCUT2D eigenvalue weighted by Crippen LogP contribution is 2.37. The molecule has 0 spiro atoms. The largest absolute Gasteiger partial charge is 0.780 e. The standard InChI is InChI=1S/C16H30NO5PS/c1-20-23(19,24)21-14-10-6-5-9-13-17-16(18)22-15-11-7-3-2-4-8-12-15/h2-3,15H,4-14H2,1H3,(H,17,18)(H,19,24)/p-1/b3-2+. The van der Waals surface area contributed by atoms with Gasteiger partial charge in [-0.25, -0.2) is 4.79 Å². The van der Waals surface area contributed by atoms with Gasteiger partial charge in [-0.2, -0.15) is 0 Å². The van der Waals surface area contributed by atoms with E-state index in [1.165, 1.54) is 7.11 Å². The number of rotatable bonds is 10. The summed E-state index contributed by atoms with van der Waals surface area (Å²) in [7, 11) is 1.28. The van der Waals surface area contributed by atoms with Crippen LogP contribution in [0.4, 0.5) is 4.79 Å². The summed E-state index contributed by atoms with van der Waals surface area (Å²) in [5.74, 6) is 0. The molecule has 8 heteroatoms. The second-order valence-corrected chi connectivity index (χ2v) is 8.67. The van der Waals surface area contributed by atoms with Gasteiger partial charge in [0, 0.05) is 13.7 Å². The first-order valence-corrected chi connectivity index (χ1v) is 11.2. The highest BCUT2D eigenvalue weighted by Gasteiger charge is 2.14. The van der Waals surface area contributed by atoms with Gasteiger partial charge in [-0.3, -0.25) is 0 Å². The smallest absolute Gasteiger partial charge is 0.407 e. The number of carbonyl (C=O) groups is 1. The molecule has 2 atom stereocenters. The topological polar surface area (TPSA) is 79.9 Å². The lowest BCUT2D eigenvalue weighted by Crippen LogP contribution is -2.30. The lowest BCUT2D eigenvalue weighted by molar-refractivity contribution is -0.204. The minimum absolute atomic E-state index is 0.0296. The van der Waals surface area contributed by atoms with Crippen molar-refractivity contribution in [3.05, 3.63) is 12.2 Å². The maximum atomic E-state index is 11.8. The first kappa shape index (κ1) is 21.6. The Balaban J connectivity index is 1.97. The van der Waals surface area contributed by atoms with E-state index in [1.807, 2.05) is 0 Å². The molecular weight excluding hydrogens is 349 g/mol. The highest BCUT2D eigenvalue weighted by atomic mass is 32.5. The molecule has 1 N–H and O–H groups in total. The Kier molecular flexibility index (Phi) is 11.5. The van der Waals surface area contributed by atoms with Crippen LogP contribution in [0.15, 0.2) is 12.2 Å². The van der Waals surface area contributed by atoms with E-state index in [9.17, 15) is 9.69 Å². The molecule has 1 aliphatic rings. The lowest BCUT2D eigenvalue weighted by Gasteiger charge is -2.24. The maximum absolute atomic E-state index is 11.8. The summed E-state index contributed by atoms with van der Waals surface area (Å²) < 4.78 is 15.0. The minimum Gasteiger partial charge on any atom is -0.780 e. The van der Waals surface area contributed by atoms with E-state index >= 15 is 0 Å². The molecule has 0 bridgehead atoms. The van der Waals surface area contributed by atoms with Crippen molar-refractivity contribution in [1.82, 2.24) is 5.32 Å². The molecule has 0 fully saturated rings. The zero-order chi connectivity index (χ0) is 17.7. The number of hydrogen-bond donors (Lipinski definition) is 1. The summed E-state index contributed by atoms with van der Waals surface area (Å²) in [6.45, 7) is -2.33. The Morgan fingerprint density at radius 3 is 2.79 bits per heavy atom. The van der Waals surface area contributed by atoms with Gasteiger partial charge < -0.3 is 24.0 Å². The van der Waals surface area contributed by atoms with Crippen molar-refractivity contribution in [1.29, 1.82) is 0 Å². The van der Waals surface area contributed by atoms with E-state index in [1.54, 1.807) is 0 Å². The van der Waals surface area contributed by atoms with E-state index < -0.39 is 6.72 Å². The number of ether oxygens (including phenoxy) is 1. The third kappa shape index (κ3) is 11.2. The van der Waals surface area contributed by atoms with Gasteiger partial charge in [-0.15, -0.1) is 0 Å². The van der Waals surface area contributed by atoms with E-state index in [-0.39, 0.29) is 12.2 Å². The lowest BCUT2D eigenvalue weighted by atomic mass is 10.0. The molecule has 1 aliphatic carbocycles. The van der Waals surface area contributed by atoms with Gasteiger partial charge in [0.25, 0.3) is 0 Å². The van der Waals surface area contributed by atoms with E-state index in [0.717, 1.165) is 57.8 Å². The van der Waals surface area contributed by atoms with Gasteiger partial charge in [-0.05, 0) is 44.9 Å². The second-order valence-electron chi connectivity index (χ2n) is 5.81. The fraction of sp³-hybridized carbons (Fsp3) is 0.812. The van der Waals surface area contributed by atoms with Crippen molar-refractivity contribution < 1.29 is 23.5 Å². The molecule has 0 saturated carbocycles. The highest BCUT2D eigenvalue weighted by molar-refractivity contribution is 8.06. The van der Waals surface area contributed by atoms with Crippen LogP contribution in [-0.4, -0.2) is 32.5 Å². The zero-order valence-corrected chi connectivity index (χ0v) is 16.1. The monoisotopic (exact) mass is 378 g/mol. The summed E-state index contributed by atoms with van der Waals surface area (Å²) >= 11 is 4.62.